The average Bonchev–Trinajstić information content (AvgIpc) is 2.58. The van der Waals surface area contributed by atoms with Crippen molar-refractivity contribution in [2.75, 3.05) is 0 Å². The minimum atomic E-state index is -0.250. The first-order chi connectivity index (χ1) is 10.7. The molecule has 22 heavy (non-hydrogen) atoms. The van der Waals surface area contributed by atoms with Crippen LogP contribution in [0.4, 0.5) is 0 Å². The van der Waals surface area contributed by atoms with Gasteiger partial charge in [0, 0.05) is 0 Å². The molecule has 0 amide bonds. The largest absolute Gasteiger partial charge is 0.483 e. The van der Waals surface area contributed by atoms with E-state index in [-0.39, 0.29) is 6.47 Å². The second-order valence-electron chi connectivity index (χ2n) is 7.02. The number of carboxylic acid groups (broad SMARTS) is 1. The molecule has 122 valence electrons. The second-order valence-corrected chi connectivity index (χ2v) is 7.02. The number of hydrogen-bond donors (Lipinski definition) is 1. The Balaban J connectivity index is 0.000000545. The molecule has 0 aliphatic heterocycles. The van der Waals surface area contributed by atoms with Crippen LogP contribution in [0.2, 0.25) is 0 Å². The molecule has 0 bridgehead atoms. The molecule has 0 saturated heterocycles. The van der Waals surface area contributed by atoms with Gasteiger partial charge in [0.1, 0.15) is 0 Å². The predicted molar refractivity (Wildman–Crippen MR) is 91.2 cm³/mol. The summed E-state index contributed by atoms with van der Waals surface area (Å²) in [6.45, 7) is 1.96. The zero-order chi connectivity index (χ0) is 15.8. The molecule has 0 aromatic heterocycles. The predicted octanol–water partition coefficient (Wildman–Crippen LogP) is 5.48. The van der Waals surface area contributed by atoms with Gasteiger partial charge in [-0.3, -0.25) is 4.79 Å². The Morgan fingerprint density at radius 1 is 0.955 bits per heavy atom. The molecule has 1 N–H and O–H groups in total. The fourth-order valence-corrected chi connectivity index (χ4v) is 4.66. The molecule has 1 aromatic carbocycles. The fourth-order valence-electron chi connectivity index (χ4n) is 4.66. The number of rotatable bonds is 2. The van der Waals surface area contributed by atoms with E-state index in [4.69, 9.17) is 9.90 Å². The van der Waals surface area contributed by atoms with Gasteiger partial charge in [-0.15, -0.1) is 0 Å². The van der Waals surface area contributed by atoms with Crippen molar-refractivity contribution in [1.82, 2.24) is 0 Å². The third-order valence-electron chi connectivity index (χ3n) is 5.76. The molecule has 2 saturated carbocycles. The van der Waals surface area contributed by atoms with E-state index in [9.17, 15) is 0 Å². The van der Waals surface area contributed by atoms with Gasteiger partial charge in [0.25, 0.3) is 6.47 Å². The first kappa shape index (κ1) is 17.1. The third-order valence-corrected chi connectivity index (χ3v) is 5.76. The van der Waals surface area contributed by atoms with Crippen molar-refractivity contribution in [2.24, 2.45) is 5.92 Å². The Morgan fingerprint density at radius 2 is 1.45 bits per heavy atom. The summed E-state index contributed by atoms with van der Waals surface area (Å²) in [6, 6.07) is 9.54. The highest BCUT2D eigenvalue weighted by Gasteiger charge is 2.41. The second kappa shape index (κ2) is 8.36. The van der Waals surface area contributed by atoms with Gasteiger partial charge < -0.3 is 5.11 Å². The Bertz CT molecular complexity index is 437. The molecule has 0 atom stereocenters. The summed E-state index contributed by atoms with van der Waals surface area (Å²) < 4.78 is 0. The van der Waals surface area contributed by atoms with Crippen molar-refractivity contribution in [3.05, 3.63) is 35.4 Å². The van der Waals surface area contributed by atoms with Crippen LogP contribution in [0.25, 0.3) is 0 Å². The van der Waals surface area contributed by atoms with E-state index in [2.05, 4.69) is 31.2 Å². The van der Waals surface area contributed by atoms with Crippen LogP contribution in [0.5, 0.6) is 0 Å². The molecule has 3 rings (SSSR count). The standard InChI is InChI=1S/C19H28.CH2O2/c1-16-10-12-18(13-11-16)19(14-6-3-7-15-19)17-8-4-2-5-9-17;2-1-3/h10-13,17H,2-9,14-15H2,1H3;1H,(H,2,3). The Morgan fingerprint density at radius 3 is 2.00 bits per heavy atom. The summed E-state index contributed by atoms with van der Waals surface area (Å²) in [5, 5.41) is 6.89. The summed E-state index contributed by atoms with van der Waals surface area (Å²) >= 11 is 0. The van der Waals surface area contributed by atoms with E-state index in [0.29, 0.717) is 5.41 Å². The lowest BCUT2D eigenvalue weighted by atomic mass is 9.58. The van der Waals surface area contributed by atoms with E-state index in [1.807, 2.05) is 0 Å². The summed E-state index contributed by atoms with van der Waals surface area (Å²) in [5.41, 5.74) is 3.59. The van der Waals surface area contributed by atoms with Gasteiger partial charge >= 0.3 is 0 Å². The highest BCUT2D eigenvalue weighted by molar-refractivity contribution is 5.32. The number of hydrogen-bond acceptors (Lipinski definition) is 1. The minimum absolute atomic E-state index is 0.250. The summed E-state index contributed by atoms with van der Waals surface area (Å²) in [6.07, 6.45) is 14.6. The van der Waals surface area contributed by atoms with Crippen LogP contribution >= 0.6 is 0 Å². The number of aryl methyl sites for hydroxylation is 1. The Labute approximate surface area is 134 Å². The average molecular weight is 302 g/mol. The molecule has 1 aromatic rings. The lowest BCUT2D eigenvalue weighted by Gasteiger charge is -2.46. The van der Waals surface area contributed by atoms with Gasteiger partial charge in [0.05, 0.1) is 0 Å². The van der Waals surface area contributed by atoms with E-state index in [1.165, 1.54) is 69.8 Å². The highest BCUT2D eigenvalue weighted by atomic mass is 16.3. The van der Waals surface area contributed by atoms with E-state index < -0.39 is 0 Å². The molecular weight excluding hydrogens is 272 g/mol. The van der Waals surface area contributed by atoms with Gasteiger partial charge in [0.15, 0.2) is 0 Å². The van der Waals surface area contributed by atoms with E-state index >= 15 is 0 Å². The topological polar surface area (TPSA) is 37.3 Å². The fraction of sp³-hybridized carbons (Fsp3) is 0.650. The molecule has 2 aliphatic carbocycles. The van der Waals surface area contributed by atoms with Crippen LogP contribution in [-0.2, 0) is 10.2 Å². The first-order valence-electron chi connectivity index (χ1n) is 8.88. The Kier molecular flexibility index (Phi) is 6.48. The summed E-state index contributed by atoms with van der Waals surface area (Å²) in [4.78, 5) is 8.36. The molecule has 0 spiro atoms. The lowest BCUT2D eigenvalue weighted by molar-refractivity contribution is -0.122. The zero-order valence-corrected chi connectivity index (χ0v) is 13.9. The van der Waals surface area contributed by atoms with Crippen molar-refractivity contribution >= 4 is 6.47 Å². The SMILES string of the molecule is Cc1ccc(C2(C3CCCCC3)CCCCC2)cc1.O=CO. The first-order valence-corrected chi connectivity index (χ1v) is 8.88. The molecule has 0 heterocycles. The zero-order valence-electron chi connectivity index (χ0n) is 13.9. The molecule has 2 nitrogen and oxygen atoms in total. The van der Waals surface area contributed by atoms with Gasteiger partial charge in [-0.2, -0.15) is 0 Å². The summed E-state index contributed by atoms with van der Waals surface area (Å²) in [7, 11) is 0. The normalized spacial score (nSPS) is 21.5. The number of benzene rings is 1. The van der Waals surface area contributed by atoms with Crippen LogP contribution < -0.4 is 0 Å². The van der Waals surface area contributed by atoms with Crippen molar-refractivity contribution in [1.29, 1.82) is 0 Å². The van der Waals surface area contributed by atoms with Crippen molar-refractivity contribution in [2.45, 2.75) is 76.5 Å². The van der Waals surface area contributed by atoms with Gasteiger partial charge in [-0.25, -0.2) is 0 Å². The van der Waals surface area contributed by atoms with Crippen molar-refractivity contribution < 1.29 is 9.90 Å². The molecule has 2 aliphatic rings. The van der Waals surface area contributed by atoms with Crippen LogP contribution in [0.15, 0.2) is 24.3 Å². The highest BCUT2D eigenvalue weighted by Crippen LogP contribution is 2.50. The smallest absolute Gasteiger partial charge is 0.290 e. The third kappa shape index (κ3) is 3.91. The lowest BCUT2D eigenvalue weighted by Crippen LogP contribution is -2.38. The summed E-state index contributed by atoms with van der Waals surface area (Å²) in [5.74, 6) is 0.962. The van der Waals surface area contributed by atoms with Gasteiger partial charge in [0.2, 0.25) is 0 Å². The van der Waals surface area contributed by atoms with Crippen molar-refractivity contribution in [3.63, 3.8) is 0 Å². The minimum Gasteiger partial charge on any atom is -0.483 e. The van der Waals surface area contributed by atoms with Crippen LogP contribution in [-0.4, -0.2) is 11.6 Å². The van der Waals surface area contributed by atoms with Gasteiger partial charge in [-0.1, -0.05) is 68.4 Å². The Hall–Kier alpha value is -1.31. The molecule has 2 fully saturated rings. The molecule has 0 unspecified atom stereocenters. The molecular formula is C20H30O2. The molecule has 2 heteroatoms. The number of carbonyl (C=O) groups is 1. The maximum Gasteiger partial charge on any atom is 0.290 e. The van der Waals surface area contributed by atoms with Crippen LogP contribution in [0.3, 0.4) is 0 Å². The quantitative estimate of drug-likeness (QED) is 0.735. The maximum atomic E-state index is 8.36. The van der Waals surface area contributed by atoms with E-state index in [1.54, 1.807) is 5.56 Å². The maximum absolute atomic E-state index is 8.36. The van der Waals surface area contributed by atoms with Crippen LogP contribution in [0, 0.1) is 12.8 Å². The van der Waals surface area contributed by atoms with Crippen LogP contribution in [0.1, 0.15) is 75.3 Å². The van der Waals surface area contributed by atoms with Gasteiger partial charge in [-0.05, 0) is 49.5 Å². The molecule has 0 radical (unpaired) electrons. The van der Waals surface area contributed by atoms with Crippen molar-refractivity contribution in [3.8, 4) is 0 Å². The monoisotopic (exact) mass is 302 g/mol. The van der Waals surface area contributed by atoms with E-state index in [0.717, 1.165) is 5.92 Å².